The molecule has 0 spiro atoms. The van der Waals surface area contributed by atoms with Crippen molar-refractivity contribution in [3.8, 4) is 11.5 Å². The fraction of sp³-hybridized carbons (Fsp3) is 0.261. The number of imide groups is 1. The molecule has 0 radical (unpaired) electrons. The SMILES string of the molecule is COc1cc(/C=C2\SC(=O)N(CC(=O)OC(C)C)C2=O)ccc1OCc1ccc(Cl)c(Cl)c1. The van der Waals surface area contributed by atoms with Crippen molar-refractivity contribution in [2.45, 2.75) is 26.6 Å². The second-order valence-corrected chi connectivity index (χ2v) is 9.06. The molecule has 2 aromatic rings. The number of carbonyl (C=O) groups excluding carboxylic acids is 3. The number of benzene rings is 2. The van der Waals surface area contributed by atoms with Crippen molar-refractivity contribution in [1.82, 2.24) is 4.90 Å². The number of methoxy groups -OCH3 is 1. The van der Waals surface area contributed by atoms with E-state index in [-0.39, 0.29) is 17.6 Å². The topological polar surface area (TPSA) is 82.1 Å². The number of carbonyl (C=O) groups is 3. The average molecular weight is 510 g/mol. The predicted octanol–water partition coefficient (Wildman–Crippen LogP) is 5.57. The fourth-order valence-corrected chi connectivity index (χ4v) is 4.06. The predicted molar refractivity (Wildman–Crippen MR) is 128 cm³/mol. The number of esters is 1. The minimum atomic E-state index is -0.640. The van der Waals surface area contributed by atoms with Crippen LogP contribution in [0, 0.1) is 0 Å². The van der Waals surface area contributed by atoms with E-state index in [1.807, 2.05) is 6.07 Å². The second kappa shape index (κ2) is 11.0. The maximum absolute atomic E-state index is 12.6. The van der Waals surface area contributed by atoms with Gasteiger partial charge in [-0.05, 0) is 67.1 Å². The fourth-order valence-electron chi connectivity index (χ4n) is 2.90. The van der Waals surface area contributed by atoms with Crippen molar-refractivity contribution in [2.24, 2.45) is 0 Å². The first kappa shape index (κ1) is 25.0. The Bertz CT molecular complexity index is 1120. The number of amides is 2. The van der Waals surface area contributed by atoms with Gasteiger partial charge < -0.3 is 14.2 Å². The molecule has 174 valence electrons. The first-order chi connectivity index (χ1) is 15.7. The maximum atomic E-state index is 12.6. The third-order valence-corrected chi connectivity index (χ3v) is 6.04. The highest BCUT2D eigenvalue weighted by atomic mass is 35.5. The Kier molecular flexibility index (Phi) is 8.29. The molecular weight excluding hydrogens is 489 g/mol. The Labute approximate surface area is 205 Å². The van der Waals surface area contributed by atoms with E-state index in [0.717, 1.165) is 22.2 Å². The van der Waals surface area contributed by atoms with Gasteiger partial charge in [0.2, 0.25) is 0 Å². The van der Waals surface area contributed by atoms with Gasteiger partial charge in [0.05, 0.1) is 28.2 Å². The van der Waals surface area contributed by atoms with Crippen LogP contribution in [0.2, 0.25) is 10.0 Å². The van der Waals surface area contributed by atoms with E-state index in [1.165, 1.54) is 7.11 Å². The van der Waals surface area contributed by atoms with Gasteiger partial charge >= 0.3 is 5.97 Å². The van der Waals surface area contributed by atoms with Gasteiger partial charge in [0.15, 0.2) is 11.5 Å². The highest BCUT2D eigenvalue weighted by Crippen LogP contribution is 2.35. The summed E-state index contributed by atoms with van der Waals surface area (Å²) in [5.41, 5.74) is 1.46. The van der Waals surface area contributed by atoms with Gasteiger partial charge in [0.25, 0.3) is 11.1 Å². The molecule has 0 aromatic heterocycles. The summed E-state index contributed by atoms with van der Waals surface area (Å²) in [5.74, 6) is -0.253. The van der Waals surface area contributed by atoms with Crippen molar-refractivity contribution < 1.29 is 28.6 Å². The number of thioether (sulfide) groups is 1. The van der Waals surface area contributed by atoms with E-state index in [1.54, 1.807) is 50.3 Å². The standard InChI is InChI=1S/C23H21Cl2NO6S/c1-13(2)32-21(27)11-26-22(28)20(33-23(26)29)10-14-5-7-18(19(9-14)30-3)31-12-15-4-6-16(24)17(25)8-15/h4-10,13H,11-12H2,1-3H3/b20-10-. The molecule has 2 aromatic carbocycles. The molecule has 1 aliphatic heterocycles. The Hall–Kier alpha value is -2.68. The van der Waals surface area contributed by atoms with Crippen LogP contribution < -0.4 is 9.47 Å². The lowest BCUT2D eigenvalue weighted by atomic mass is 10.1. The van der Waals surface area contributed by atoms with Crippen LogP contribution in [-0.4, -0.2) is 41.8 Å². The average Bonchev–Trinajstić information content (AvgIpc) is 3.01. The minimum absolute atomic E-state index is 0.198. The summed E-state index contributed by atoms with van der Waals surface area (Å²) in [7, 11) is 1.50. The van der Waals surface area contributed by atoms with Gasteiger partial charge in [0.1, 0.15) is 13.2 Å². The molecule has 1 saturated heterocycles. The van der Waals surface area contributed by atoms with E-state index in [2.05, 4.69) is 0 Å². The highest BCUT2D eigenvalue weighted by molar-refractivity contribution is 8.18. The monoisotopic (exact) mass is 509 g/mol. The Morgan fingerprint density at radius 1 is 1.09 bits per heavy atom. The van der Waals surface area contributed by atoms with E-state index >= 15 is 0 Å². The summed E-state index contributed by atoms with van der Waals surface area (Å²) in [6.07, 6.45) is 1.22. The highest BCUT2D eigenvalue weighted by Gasteiger charge is 2.36. The molecule has 0 atom stereocenters. The van der Waals surface area contributed by atoms with Crippen molar-refractivity contribution in [2.75, 3.05) is 13.7 Å². The van der Waals surface area contributed by atoms with E-state index < -0.39 is 23.7 Å². The molecule has 1 aliphatic rings. The molecule has 10 heteroatoms. The van der Waals surface area contributed by atoms with Gasteiger partial charge in [-0.1, -0.05) is 35.3 Å². The van der Waals surface area contributed by atoms with Crippen LogP contribution in [-0.2, 0) is 20.9 Å². The van der Waals surface area contributed by atoms with Crippen LogP contribution in [0.15, 0.2) is 41.3 Å². The Balaban J connectivity index is 1.72. The molecule has 33 heavy (non-hydrogen) atoms. The van der Waals surface area contributed by atoms with E-state index in [0.29, 0.717) is 27.1 Å². The van der Waals surface area contributed by atoms with Gasteiger partial charge in [-0.3, -0.25) is 19.3 Å². The van der Waals surface area contributed by atoms with Crippen LogP contribution in [0.5, 0.6) is 11.5 Å². The molecule has 2 amide bonds. The summed E-state index contributed by atoms with van der Waals surface area (Å²) >= 11 is 12.7. The van der Waals surface area contributed by atoms with Crippen molar-refractivity contribution in [1.29, 1.82) is 0 Å². The Morgan fingerprint density at radius 3 is 2.52 bits per heavy atom. The molecule has 0 unspecified atom stereocenters. The number of hydrogen-bond donors (Lipinski definition) is 0. The lowest BCUT2D eigenvalue weighted by molar-refractivity contribution is -0.149. The maximum Gasteiger partial charge on any atom is 0.326 e. The molecule has 7 nitrogen and oxygen atoms in total. The van der Waals surface area contributed by atoms with Gasteiger partial charge in [-0.2, -0.15) is 0 Å². The van der Waals surface area contributed by atoms with Crippen LogP contribution in [0.3, 0.4) is 0 Å². The first-order valence-electron chi connectivity index (χ1n) is 9.87. The summed E-state index contributed by atoms with van der Waals surface area (Å²) in [5, 5.41) is 0.371. The zero-order chi connectivity index (χ0) is 24.1. The van der Waals surface area contributed by atoms with Crippen LogP contribution in [0.25, 0.3) is 6.08 Å². The van der Waals surface area contributed by atoms with E-state index in [9.17, 15) is 14.4 Å². The van der Waals surface area contributed by atoms with Crippen molar-refractivity contribution >= 4 is 58.2 Å². The minimum Gasteiger partial charge on any atom is -0.493 e. The molecule has 1 heterocycles. The van der Waals surface area contributed by atoms with Gasteiger partial charge in [0, 0.05) is 0 Å². The Morgan fingerprint density at radius 2 is 1.85 bits per heavy atom. The number of nitrogens with zero attached hydrogens (tertiary/aromatic N) is 1. The van der Waals surface area contributed by atoms with Crippen LogP contribution in [0.4, 0.5) is 4.79 Å². The molecule has 0 aliphatic carbocycles. The number of hydrogen-bond acceptors (Lipinski definition) is 7. The number of ether oxygens (including phenoxy) is 3. The quantitative estimate of drug-likeness (QED) is 0.339. The third-order valence-electron chi connectivity index (χ3n) is 4.39. The van der Waals surface area contributed by atoms with Crippen LogP contribution >= 0.6 is 35.0 Å². The van der Waals surface area contributed by atoms with Crippen LogP contribution in [0.1, 0.15) is 25.0 Å². The second-order valence-electron chi connectivity index (χ2n) is 7.25. The van der Waals surface area contributed by atoms with Gasteiger partial charge in [-0.15, -0.1) is 0 Å². The zero-order valence-electron chi connectivity index (χ0n) is 18.1. The van der Waals surface area contributed by atoms with Crippen molar-refractivity contribution in [3.05, 3.63) is 62.5 Å². The molecule has 0 N–H and O–H groups in total. The molecule has 3 rings (SSSR count). The van der Waals surface area contributed by atoms with Gasteiger partial charge in [-0.25, -0.2) is 0 Å². The molecule has 1 fully saturated rings. The summed E-state index contributed by atoms with van der Waals surface area (Å²) in [6.45, 7) is 3.21. The normalized spacial score (nSPS) is 14.8. The first-order valence-corrected chi connectivity index (χ1v) is 11.4. The molecule has 0 bridgehead atoms. The summed E-state index contributed by atoms with van der Waals surface area (Å²) < 4.78 is 16.3. The third kappa shape index (κ3) is 6.43. The lowest BCUT2D eigenvalue weighted by Gasteiger charge is -2.13. The number of halogens is 2. The summed E-state index contributed by atoms with van der Waals surface area (Å²) in [4.78, 5) is 37.7. The summed E-state index contributed by atoms with van der Waals surface area (Å²) in [6, 6.07) is 10.3. The van der Waals surface area contributed by atoms with Crippen molar-refractivity contribution in [3.63, 3.8) is 0 Å². The van der Waals surface area contributed by atoms with E-state index in [4.69, 9.17) is 37.4 Å². The number of rotatable bonds is 8. The lowest BCUT2D eigenvalue weighted by Crippen LogP contribution is -2.35. The largest absolute Gasteiger partial charge is 0.493 e. The molecular formula is C23H21Cl2NO6S. The zero-order valence-corrected chi connectivity index (χ0v) is 20.4. The molecule has 0 saturated carbocycles. The smallest absolute Gasteiger partial charge is 0.326 e.